The van der Waals surface area contributed by atoms with Gasteiger partial charge >= 0.3 is 18.5 Å². The molecule has 1 aliphatic carbocycles. The van der Waals surface area contributed by atoms with Gasteiger partial charge in [-0.3, -0.25) is 9.59 Å². The molecule has 0 unspecified atom stereocenters. The van der Waals surface area contributed by atoms with E-state index in [2.05, 4.69) is 4.74 Å². The van der Waals surface area contributed by atoms with Crippen LogP contribution in [0.3, 0.4) is 0 Å². The first-order valence-electron chi connectivity index (χ1n) is 7.63. The number of rotatable bonds is 3. The molecular weight excluding hydrogens is 411 g/mol. The Morgan fingerprint density at radius 1 is 0.786 bits per heavy atom. The van der Waals surface area contributed by atoms with Crippen LogP contribution in [0.1, 0.15) is 30.4 Å². The zero-order valence-corrected chi connectivity index (χ0v) is 13.6. The van der Waals surface area contributed by atoms with Crippen LogP contribution in [0.5, 0.6) is 5.75 Å². The number of hydrogen-bond acceptors (Lipinski definition) is 3. The molecule has 1 saturated carbocycles. The van der Waals surface area contributed by atoms with Crippen LogP contribution in [0.25, 0.3) is 0 Å². The van der Waals surface area contributed by atoms with Crippen LogP contribution in [0.4, 0.5) is 39.5 Å². The van der Waals surface area contributed by atoms with E-state index in [0.29, 0.717) is 0 Å². The number of carbonyl (C=O) groups excluding carboxylic acids is 2. The summed E-state index contributed by atoms with van der Waals surface area (Å²) < 4.78 is 121. The number of halogens is 9. The Morgan fingerprint density at radius 3 is 1.57 bits per heavy atom. The van der Waals surface area contributed by atoms with Gasteiger partial charge in [-0.1, -0.05) is 0 Å². The van der Waals surface area contributed by atoms with E-state index in [0.717, 1.165) is 0 Å². The van der Waals surface area contributed by atoms with E-state index in [4.69, 9.17) is 0 Å². The third-order valence-corrected chi connectivity index (χ3v) is 3.95. The molecule has 1 fully saturated rings. The van der Waals surface area contributed by atoms with Crippen molar-refractivity contribution in [2.45, 2.75) is 43.9 Å². The van der Waals surface area contributed by atoms with Gasteiger partial charge in [-0.15, -0.1) is 0 Å². The zero-order valence-electron chi connectivity index (χ0n) is 13.6. The first-order chi connectivity index (χ1) is 12.6. The standard InChI is InChI=1S/C16H11F9O3/c17-14(18,19)8-3-9(15(20,21)22)5-12(4-8)28-13(16(23,24)25)7-1-10(26)6-11(27)2-7/h3-5,7,13H,1-2,6H2/t13-/m0/s1. The quantitative estimate of drug-likeness (QED) is 0.510. The number of ketones is 2. The summed E-state index contributed by atoms with van der Waals surface area (Å²) in [6.07, 6.45) is -20.8. The van der Waals surface area contributed by atoms with Crippen LogP contribution in [-0.2, 0) is 21.9 Å². The number of ether oxygens (including phenoxy) is 1. The van der Waals surface area contributed by atoms with Crippen molar-refractivity contribution < 1.29 is 53.8 Å². The maximum absolute atomic E-state index is 13.3. The molecule has 1 aliphatic rings. The Labute approximate surface area is 151 Å². The lowest BCUT2D eigenvalue weighted by molar-refractivity contribution is -0.212. The van der Waals surface area contributed by atoms with Crippen LogP contribution in [0.2, 0.25) is 0 Å². The van der Waals surface area contributed by atoms with Crippen LogP contribution >= 0.6 is 0 Å². The Balaban J connectivity index is 2.46. The highest BCUT2D eigenvalue weighted by Crippen LogP contribution is 2.41. The number of benzene rings is 1. The van der Waals surface area contributed by atoms with Crippen molar-refractivity contribution in [2.24, 2.45) is 5.92 Å². The first-order valence-corrected chi connectivity index (χ1v) is 7.63. The molecule has 0 bridgehead atoms. The number of alkyl halides is 9. The molecule has 0 aliphatic heterocycles. The minimum Gasteiger partial charge on any atom is -0.481 e. The third kappa shape index (κ3) is 5.38. The van der Waals surface area contributed by atoms with Crippen molar-refractivity contribution in [3.05, 3.63) is 29.3 Å². The van der Waals surface area contributed by atoms with Crippen LogP contribution < -0.4 is 4.74 Å². The highest BCUT2D eigenvalue weighted by Gasteiger charge is 2.49. The van der Waals surface area contributed by atoms with Crippen molar-refractivity contribution >= 4 is 11.6 Å². The average molecular weight is 422 g/mol. The van der Waals surface area contributed by atoms with E-state index in [1.807, 2.05) is 0 Å². The molecule has 0 amide bonds. The molecule has 156 valence electrons. The van der Waals surface area contributed by atoms with Gasteiger partial charge in [-0.25, -0.2) is 0 Å². The number of Topliss-reactive ketones (excluding diaryl/α,β-unsaturated/α-hetero) is 2. The van der Waals surface area contributed by atoms with E-state index in [1.54, 1.807) is 0 Å². The topological polar surface area (TPSA) is 43.4 Å². The summed E-state index contributed by atoms with van der Waals surface area (Å²) in [4.78, 5) is 22.8. The molecule has 1 aromatic rings. The number of carbonyl (C=O) groups is 2. The van der Waals surface area contributed by atoms with Crippen LogP contribution in [0.15, 0.2) is 18.2 Å². The molecule has 1 aromatic carbocycles. The predicted molar refractivity (Wildman–Crippen MR) is 74.3 cm³/mol. The molecule has 28 heavy (non-hydrogen) atoms. The highest BCUT2D eigenvalue weighted by atomic mass is 19.4. The van der Waals surface area contributed by atoms with Gasteiger partial charge in [-0.05, 0) is 18.2 Å². The normalized spacial score (nSPS) is 18.3. The lowest BCUT2D eigenvalue weighted by Crippen LogP contribution is -2.44. The molecule has 2 rings (SSSR count). The van der Waals surface area contributed by atoms with Gasteiger partial charge in [0.1, 0.15) is 17.3 Å². The van der Waals surface area contributed by atoms with Crippen LogP contribution in [0, 0.1) is 5.92 Å². The Hall–Kier alpha value is -2.27. The largest absolute Gasteiger partial charge is 0.481 e. The molecule has 0 heterocycles. The average Bonchev–Trinajstić information content (AvgIpc) is 2.48. The molecule has 0 N–H and O–H groups in total. The van der Waals surface area contributed by atoms with Gasteiger partial charge in [-0.2, -0.15) is 39.5 Å². The predicted octanol–water partition coefficient (Wildman–Crippen LogP) is 4.97. The maximum Gasteiger partial charge on any atom is 0.425 e. The van der Waals surface area contributed by atoms with Crippen molar-refractivity contribution in [1.29, 1.82) is 0 Å². The van der Waals surface area contributed by atoms with Gasteiger partial charge in [0, 0.05) is 18.8 Å². The Morgan fingerprint density at radius 2 is 1.21 bits per heavy atom. The lowest BCUT2D eigenvalue weighted by atomic mass is 9.83. The van der Waals surface area contributed by atoms with Gasteiger partial charge in [0.2, 0.25) is 0 Å². The van der Waals surface area contributed by atoms with E-state index >= 15 is 0 Å². The summed E-state index contributed by atoms with van der Waals surface area (Å²) >= 11 is 0. The molecular formula is C16H11F9O3. The lowest BCUT2D eigenvalue weighted by Gasteiger charge is -2.31. The van der Waals surface area contributed by atoms with E-state index < -0.39 is 78.3 Å². The van der Waals surface area contributed by atoms with E-state index in [-0.39, 0.29) is 18.2 Å². The monoisotopic (exact) mass is 422 g/mol. The van der Waals surface area contributed by atoms with E-state index in [1.165, 1.54) is 0 Å². The summed E-state index contributed by atoms with van der Waals surface area (Å²) in [6, 6.07) is -0.260. The third-order valence-electron chi connectivity index (χ3n) is 3.95. The minimum atomic E-state index is -5.27. The highest BCUT2D eigenvalue weighted by molar-refractivity contribution is 6.01. The second-order valence-electron chi connectivity index (χ2n) is 6.24. The van der Waals surface area contributed by atoms with Gasteiger partial charge in [0.05, 0.1) is 17.5 Å². The second-order valence-corrected chi connectivity index (χ2v) is 6.24. The molecule has 3 nitrogen and oxygen atoms in total. The fraction of sp³-hybridized carbons (Fsp3) is 0.500. The van der Waals surface area contributed by atoms with E-state index in [9.17, 15) is 49.1 Å². The summed E-state index contributed by atoms with van der Waals surface area (Å²) in [5, 5.41) is 0. The summed E-state index contributed by atoms with van der Waals surface area (Å²) in [5.74, 6) is -4.72. The van der Waals surface area contributed by atoms with Crippen molar-refractivity contribution in [3.63, 3.8) is 0 Å². The Bertz CT molecular complexity index is 714. The molecule has 0 spiro atoms. The van der Waals surface area contributed by atoms with Gasteiger partial charge in [0.25, 0.3) is 0 Å². The fourth-order valence-electron chi connectivity index (χ4n) is 2.81. The summed E-state index contributed by atoms with van der Waals surface area (Å²) in [5.41, 5.74) is -3.71. The maximum atomic E-state index is 13.3. The SMILES string of the molecule is O=C1CC(=O)CC([C@H](Oc2cc(C(F)(F)F)cc(C(F)(F)F)c2)C(F)(F)F)C1. The fourth-order valence-corrected chi connectivity index (χ4v) is 2.81. The second kappa shape index (κ2) is 7.28. The summed E-state index contributed by atoms with van der Waals surface area (Å²) in [7, 11) is 0. The van der Waals surface area contributed by atoms with Crippen molar-refractivity contribution in [1.82, 2.24) is 0 Å². The molecule has 12 heteroatoms. The molecule has 1 atom stereocenters. The van der Waals surface area contributed by atoms with Crippen molar-refractivity contribution in [2.75, 3.05) is 0 Å². The molecule has 0 radical (unpaired) electrons. The summed E-state index contributed by atoms with van der Waals surface area (Å²) in [6.45, 7) is 0. The zero-order chi connectivity index (χ0) is 21.5. The molecule has 0 saturated heterocycles. The van der Waals surface area contributed by atoms with Crippen molar-refractivity contribution in [3.8, 4) is 5.75 Å². The van der Waals surface area contributed by atoms with Gasteiger partial charge in [0.15, 0.2) is 6.10 Å². The number of hydrogen-bond donors (Lipinski definition) is 0. The molecule has 0 aromatic heterocycles. The Kier molecular flexibility index (Phi) is 5.73. The minimum absolute atomic E-state index is 0.000446. The first kappa shape index (κ1) is 22.0. The van der Waals surface area contributed by atoms with Gasteiger partial charge < -0.3 is 4.74 Å². The van der Waals surface area contributed by atoms with Crippen LogP contribution in [-0.4, -0.2) is 23.8 Å². The smallest absolute Gasteiger partial charge is 0.425 e.